The summed E-state index contributed by atoms with van der Waals surface area (Å²) in [5, 5.41) is 11.8. The van der Waals surface area contributed by atoms with Crippen molar-refractivity contribution in [2.45, 2.75) is 52.7 Å². The molecule has 0 heterocycles. The van der Waals surface area contributed by atoms with Gasteiger partial charge in [0.15, 0.2) is 0 Å². The van der Waals surface area contributed by atoms with Crippen LogP contribution < -0.4 is 10.1 Å². The van der Waals surface area contributed by atoms with Crippen molar-refractivity contribution in [3.8, 4) is 5.75 Å². The zero-order chi connectivity index (χ0) is 17.8. The second-order valence-electron chi connectivity index (χ2n) is 6.48. The Hall–Kier alpha value is -2.24. The molecule has 0 aliphatic heterocycles. The zero-order valence-corrected chi connectivity index (χ0v) is 14.5. The average Bonchev–Trinajstić information content (AvgIpc) is 2.38. The molecule has 128 valence electrons. The van der Waals surface area contributed by atoms with Gasteiger partial charge in [0.1, 0.15) is 17.4 Å². The van der Waals surface area contributed by atoms with Crippen LogP contribution in [0.4, 0.5) is 4.79 Å². The molecule has 0 unspecified atom stereocenters. The van der Waals surface area contributed by atoms with E-state index in [1.165, 1.54) is 0 Å². The van der Waals surface area contributed by atoms with E-state index in [1.807, 2.05) is 26.0 Å². The number of ether oxygens (including phenoxy) is 2. The Kier molecular flexibility index (Phi) is 6.01. The van der Waals surface area contributed by atoms with E-state index >= 15 is 0 Å². The van der Waals surface area contributed by atoms with Gasteiger partial charge in [0.05, 0.1) is 7.11 Å². The summed E-state index contributed by atoms with van der Waals surface area (Å²) in [6, 6.07) is 2.62. The SMILES string of the molecule is COc1cc(C)c(C[C@@H](NC(=O)OC(C)(C)C)C(=O)O)c(C)c1. The van der Waals surface area contributed by atoms with E-state index in [9.17, 15) is 14.7 Å². The lowest BCUT2D eigenvalue weighted by Crippen LogP contribution is -2.44. The summed E-state index contributed by atoms with van der Waals surface area (Å²) in [6.45, 7) is 8.94. The molecule has 6 heteroatoms. The third kappa shape index (κ3) is 5.81. The molecule has 23 heavy (non-hydrogen) atoms. The summed E-state index contributed by atoms with van der Waals surface area (Å²) >= 11 is 0. The number of amides is 1. The minimum atomic E-state index is -1.11. The number of rotatable bonds is 5. The van der Waals surface area contributed by atoms with Crippen molar-refractivity contribution < 1.29 is 24.2 Å². The lowest BCUT2D eigenvalue weighted by atomic mass is 9.96. The molecule has 0 saturated heterocycles. The molecule has 0 radical (unpaired) electrons. The highest BCUT2D eigenvalue weighted by atomic mass is 16.6. The molecule has 6 nitrogen and oxygen atoms in total. The second kappa shape index (κ2) is 7.35. The molecular weight excluding hydrogens is 298 g/mol. The first-order valence-electron chi connectivity index (χ1n) is 7.40. The predicted molar refractivity (Wildman–Crippen MR) is 87.0 cm³/mol. The molecule has 1 aromatic rings. The minimum Gasteiger partial charge on any atom is -0.497 e. The van der Waals surface area contributed by atoms with Gasteiger partial charge in [-0.05, 0) is 63.4 Å². The molecule has 0 aliphatic rings. The number of carboxylic acids is 1. The number of aryl methyl sites for hydroxylation is 2. The van der Waals surface area contributed by atoms with E-state index in [-0.39, 0.29) is 6.42 Å². The maximum atomic E-state index is 11.8. The monoisotopic (exact) mass is 323 g/mol. The summed E-state index contributed by atoms with van der Waals surface area (Å²) in [7, 11) is 1.58. The Morgan fingerprint density at radius 1 is 1.22 bits per heavy atom. The molecule has 1 rings (SSSR count). The maximum absolute atomic E-state index is 11.8. The van der Waals surface area contributed by atoms with Crippen molar-refractivity contribution in [2.75, 3.05) is 7.11 Å². The summed E-state index contributed by atoms with van der Waals surface area (Å²) in [4.78, 5) is 23.3. The van der Waals surface area contributed by atoms with Crippen molar-refractivity contribution in [1.82, 2.24) is 5.32 Å². The topological polar surface area (TPSA) is 84.9 Å². The first-order valence-corrected chi connectivity index (χ1v) is 7.40. The van der Waals surface area contributed by atoms with Gasteiger partial charge in [-0.1, -0.05) is 0 Å². The maximum Gasteiger partial charge on any atom is 0.408 e. The number of nitrogens with one attached hydrogen (secondary N) is 1. The van der Waals surface area contributed by atoms with Gasteiger partial charge in [0.25, 0.3) is 0 Å². The smallest absolute Gasteiger partial charge is 0.408 e. The van der Waals surface area contributed by atoms with Gasteiger partial charge in [-0.15, -0.1) is 0 Å². The van der Waals surface area contributed by atoms with Crippen LogP contribution in [0, 0.1) is 13.8 Å². The van der Waals surface area contributed by atoms with Crippen LogP contribution in [0.1, 0.15) is 37.5 Å². The highest BCUT2D eigenvalue weighted by Gasteiger charge is 2.25. The van der Waals surface area contributed by atoms with Crippen LogP contribution in [0.2, 0.25) is 0 Å². The van der Waals surface area contributed by atoms with Crippen molar-refractivity contribution in [3.05, 3.63) is 28.8 Å². The molecule has 0 spiro atoms. The van der Waals surface area contributed by atoms with E-state index in [1.54, 1.807) is 27.9 Å². The summed E-state index contributed by atoms with van der Waals surface area (Å²) in [6.07, 6.45) is -0.565. The third-order valence-corrected chi connectivity index (χ3v) is 3.30. The fraction of sp³-hybridized carbons (Fsp3) is 0.529. The van der Waals surface area contributed by atoms with Gasteiger partial charge in [-0.3, -0.25) is 0 Å². The van der Waals surface area contributed by atoms with Gasteiger partial charge >= 0.3 is 12.1 Å². The fourth-order valence-electron chi connectivity index (χ4n) is 2.25. The number of benzene rings is 1. The van der Waals surface area contributed by atoms with Crippen molar-refractivity contribution in [2.24, 2.45) is 0 Å². The average molecular weight is 323 g/mol. The first kappa shape index (κ1) is 18.8. The van der Waals surface area contributed by atoms with Crippen molar-refractivity contribution >= 4 is 12.1 Å². The molecule has 1 aromatic carbocycles. The van der Waals surface area contributed by atoms with E-state index in [4.69, 9.17) is 9.47 Å². The van der Waals surface area contributed by atoms with E-state index in [0.29, 0.717) is 0 Å². The Bertz CT molecular complexity index is 566. The number of alkyl carbamates (subject to hydrolysis) is 1. The Morgan fingerprint density at radius 3 is 2.13 bits per heavy atom. The van der Waals surface area contributed by atoms with Gasteiger partial charge in [-0.25, -0.2) is 9.59 Å². The quantitative estimate of drug-likeness (QED) is 0.870. The number of aliphatic carboxylic acids is 1. The number of hydrogen-bond donors (Lipinski definition) is 2. The van der Waals surface area contributed by atoms with Crippen LogP contribution in [0.15, 0.2) is 12.1 Å². The minimum absolute atomic E-state index is 0.177. The normalized spacial score (nSPS) is 12.4. The summed E-state index contributed by atoms with van der Waals surface area (Å²) < 4.78 is 10.3. The standard InChI is InChI=1S/C17H25NO5/c1-10-7-12(22-6)8-11(2)13(10)9-14(15(19)20)18-16(21)23-17(3,4)5/h7-8,14H,9H2,1-6H3,(H,18,21)(H,19,20)/t14-/m1/s1. The van der Waals surface area contributed by atoms with Crippen molar-refractivity contribution in [3.63, 3.8) is 0 Å². The fourth-order valence-corrected chi connectivity index (χ4v) is 2.25. The van der Waals surface area contributed by atoms with Crippen LogP contribution in [-0.4, -0.2) is 35.9 Å². The largest absolute Gasteiger partial charge is 0.497 e. The molecule has 1 atom stereocenters. The van der Waals surface area contributed by atoms with Gasteiger partial charge in [0.2, 0.25) is 0 Å². The third-order valence-electron chi connectivity index (χ3n) is 3.30. The second-order valence-corrected chi connectivity index (χ2v) is 6.48. The van der Waals surface area contributed by atoms with Crippen LogP contribution in [0.3, 0.4) is 0 Å². The number of hydrogen-bond acceptors (Lipinski definition) is 4. The van der Waals surface area contributed by atoms with Crippen LogP contribution >= 0.6 is 0 Å². The van der Waals surface area contributed by atoms with Crippen LogP contribution in [0.25, 0.3) is 0 Å². The zero-order valence-electron chi connectivity index (χ0n) is 14.5. The van der Waals surface area contributed by atoms with E-state index < -0.39 is 23.7 Å². The highest BCUT2D eigenvalue weighted by Crippen LogP contribution is 2.23. The first-order chi connectivity index (χ1) is 10.5. The molecule has 0 saturated carbocycles. The molecule has 0 aromatic heterocycles. The summed E-state index contributed by atoms with van der Waals surface area (Å²) in [5.74, 6) is -0.388. The van der Waals surface area contributed by atoms with Crippen LogP contribution in [0.5, 0.6) is 5.75 Å². The highest BCUT2D eigenvalue weighted by molar-refractivity contribution is 5.80. The molecule has 0 bridgehead atoms. The summed E-state index contributed by atoms with van der Waals surface area (Å²) in [5.41, 5.74) is 2.02. The number of methoxy groups -OCH3 is 1. The molecule has 0 aliphatic carbocycles. The van der Waals surface area contributed by atoms with Crippen molar-refractivity contribution in [1.29, 1.82) is 0 Å². The van der Waals surface area contributed by atoms with Crippen LogP contribution in [-0.2, 0) is 16.0 Å². The predicted octanol–water partition coefficient (Wildman–Crippen LogP) is 2.83. The lowest BCUT2D eigenvalue weighted by Gasteiger charge is -2.23. The molecule has 2 N–H and O–H groups in total. The van der Waals surface area contributed by atoms with Gasteiger partial charge < -0.3 is 19.9 Å². The van der Waals surface area contributed by atoms with Gasteiger partial charge in [-0.2, -0.15) is 0 Å². The molecular formula is C17H25NO5. The van der Waals surface area contributed by atoms with E-state index in [0.717, 1.165) is 22.4 Å². The van der Waals surface area contributed by atoms with E-state index in [2.05, 4.69) is 5.32 Å². The Labute approximate surface area is 136 Å². The number of carbonyl (C=O) groups excluding carboxylic acids is 1. The molecule has 1 amide bonds. The Balaban J connectivity index is 2.93. The Morgan fingerprint density at radius 2 is 1.74 bits per heavy atom. The lowest BCUT2D eigenvalue weighted by molar-refractivity contribution is -0.139. The van der Waals surface area contributed by atoms with Gasteiger partial charge in [0, 0.05) is 6.42 Å². The number of carbonyl (C=O) groups is 2. The number of carboxylic acid groups (broad SMARTS) is 1. The molecule has 0 fully saturated rings.